The topological polar surface area (TPSA) is 132 Å². The molecule has 10 heteroatoms. The number of rotatable bonds is 8. The highest BCUT2D eigenvalue weighted by Crippen LogP contribution is 2.37. The molecular formula is C16H19N5O5. The van der Waals surface area contributed by atoms with Gasteiger partial charge in [0.2, 0.25) is 11.7 Å². The number of nitrogens with zero attached hydrogens (tertiary/aromatic N) is 3. The summed E-state index contributed by atoms with van der Waals surface area (Å²) in [5.74, 6) is 0.465. The summed E-state index contributed by atoms with van der Waals surface area (Å²) in [7, 11) is 1.39. The van der Waals surface area contributed by atoms with Gasteiger partial charge in [-0.15, -0.1) is 0 Å². The largest absolute Gasteiger partial charge is 0.493 e. The van der Waals surface area contributed by atoms with Crippen LogP contribution in [-0.2, 0) is 6.42 Å². The summed E-state index contributed by atoms with van der Waals surface area (Å²) in [6.45, 7) is 3.86. The highest BCUT2D eigenvalue weighted by Gasteiger charge is 2.21. The molecular weight excluding hydrogens is 342 g/mol. The van der Waals surface area contributed by atoms with Crippen LogP contribution in [-0.4, -0.2) is 34.8 Å². The van der Waals surface area contributed by atoms with E-state index < -0.39 is 4.92 Å². The second-order valence-corrected chi connectivity index (χ2v) is 5.07. The van der Waals surface area contributed by atoms with E-state index in [4.69, 9.17) is 9.47 Å². The Labute approximate surface area is 149 Å². The lowest BCUT2D eigenvalue weighted by molar-refractivity contribution is -0.385. The number of aromatic amines is 1. The Morgan fingerprint density at radius 2 is 2.15 bits per heavy atom. The van der Waals surface area contributed by atoms with Crippen LogP contribution in [0.15, 0.2) is 28.1 Å². The van der Waals surface area contributed by atoms with Crippen molar-refractivity contribution in [1.29, 1.82) is 0 Å². The fourth-order valence-electron chi connectivity index (χ4n) is 2.17. The van der Waals surface area contributed by atoms with Crippen LogP contribution in [0, 0.1) is 10.1 Å². The minimum Gasteiger partial charge on any atom is -0.493 e. The van der Waals surface area contributed by atoms with E-state index in [2.05, 4.69) is 20.5 Å². The predicted molar refractivity (Wildman–Crippen MR) is 96.3 cm³/mol. The highest BCUT2D eigenvalue weighted by atomic mass is 16.6. The smallest absolute Gasteiger partial charge is 0.315 e. The van der Waals surface area contributed by atoms with Gasteiger partial charge in [0.15, 0.2) is 5.75 Å². The standard InChI is InChI=1S/C16H19N5O5/c1-4-11-8-14(22)19-16(18-11)20-17-9-10-6-12(21(23)24)15(26-5-2)13(7-10)25-3/h6-9H,4-5H2,1-3H3,(H2,18,19,20,22)/b17-9-. The summed E-state index contributed by atoms with van der Waals surface area (Å²) in [6.07, 6.45) is 1.95. The van der Waals surface area contributed by atoms with Gasteiger partial charge in [-0.25, -0.2) is 10.4 Å². The minimum absolute atomic E-state index is 0.0618. The van der Waals surface area contributed by atoms with Crippen molar-refractivity contribution in [1.82, 2.24) is 9.97 Å². The minimum atomic E-state index is -0.554. The van der Waals surface area contributed by atoms with Gasteiger partial charge in [-0.3, -0.25) is 19.9 Å². The van der Waals surface area contributed by atoms with Crippen molar-refractivity contribution in [3.8, 4) is 11.5 Å². The number of ether oxygens (including phenoxy) is 2. The van der Waals surface area contributed by atoms with Crippen LogP contribution < -0.4 is 20.5 Å². The van der Waals surface area contributed by atoms with Gasteiger partial charge >= 0.3 is 5.69 Å². The summed E-state index contributed by atoms with van der Waals surface area (Å²) in [5, 5.41) is 15.2. The first-order valence-corrected chi connectivity index (χ1v) is 7.87. The number of aryl methyl sites for hydroxylation is 1. The van der Waals surface area contributed by atoms with Gasteiger partial charge in [0.05, 0.1) is 24.9 Å². The Hall–Kier alpha value is -3.43. The first-order chi connectivity index (χ1) is 12.5. The van der Waals surface area contributed by atoms with Gasteiger partial charge in [0.1, 0.15) is 0 Å². The van der Waals surface area contributed by atoms with Crippen molar-refractivity contribution in [2.24, 2.45) is 5.10 Å². The molecule has 0 unspecified atom stereocenters. The van der Waals surface area contributed by atoms with E-state index in [0.29, 0.717) is 17.7 Å². The number of nitro benzene ring substituents is 1. The summed E-state index contributed by atoms with van der Waals surface area (Å²) >= 11 is 0. The molecule has 0 saturated heterocycles. The molecule has 0 aliphatic heterocycles. The number of anilines is 1. The fraction of sp³-hybridized carbons (Fsp3) is 0.312. The zero-order valence-electron chi connectivity index (χ0n) is 14.6. The maximum Gasteiger partial charge on any atom is 0.315 e. The number of hydrogen-bond donors (Lipinski definition) is 2. The quantitative estimate of drug-likeness (QED) is 0.418. The molecule has 0 bridgehead atoms. The van der Waals surface area contributed by atoms with Crippen LogP contribution in [0.25, 0.3) is 0 Å². The van der Waals surface area contributed by atoms with E-state index in [1.165, 1.54) is 25.5 Å². The normalized spacial score (nSPS) is 10.7. The molecule has 2 aromatic rings. The van der Waals surface area contributed by atoms with Crippen LogP contribution >= 0.6 is 0 Å². The van der Waals surface area contributed by atoms with Crippen molar-refractivity contribution in [3.63, 3.8) is 0 Å². The molecule has 0 aliphatic carbocycles. The van der Waals surface area contributed by atoms with E-state index in [-0.39, 0.29) is 35.3 Å². The number of nitro groups is 1. The zero-order chi connectivity index (χ0) is 19.1. The number of H-pyrrole nitrogens is 1. The summed E-state index contributed by atoms with van der Waals surface area (Å²) in [6, 6.07) is 4.27. The van der Waals surface area contributed by atoms with E-state index in [1.54, 1.807) is 13.0 Å². The molecule has 1 aromatic heterocycles. The number of hydrazone groups is 1. The summed E-state index contributed by atoms with van der Waals surface area (Å²) < 4.78 is 10.5. The Morgan fingerprint density at radius 3 is 2.77 bits per heavy atom. The Kier molecular flexibility index (Phi) is 6.25. The second-order valence-electron chi connectivity index (χ2n) is 5.07. The zero-order valence-corrected chi connectivity index (χ0v) is 14.6. The third-order valence-corrected chi connectivity index (χ3v) is 3.30. The van der Waals surface area contributed by atoms with Crippen molar-refractivity contribution in [3.05, 3.63) is 49.9 Å². The maximum absolute atomic E-state index is 11.5. The van der Waals surface area contributed by atoms with E-state index >= 15 is 0 Å². The first-order valence-electron chi connectivity index (χ1n) is 7.87. The molecule has 1 heterocycles. The number of aromatic nitrogens is 2. The van der Waals surface area contributed by atoms with Crippen LogP contribution in [0.2, 0.25) is 0 Å². The molecule has 0 amide bonds. The average molecular weight is 361 g/mol. The number of hydrogen-bond acceptors (Lipinski definition) is 8. The van der Waals surface area contributed by atoms with Gasteiger partial charge in [-0.2, -0.15) is 5.10 Å². The van der Waals surface area contributed by atoms with Gasteiger partial charge in [0.25, 0.3) is 5.56 Å². The molecule has 0 saturated carbocycles. The molecule has 0 fully saturated rings. The lowest BCUT2D eigenvalue weighted by Crippen LogP contribution is -2.11. The summed E-state index contributed by atoms with van der Waals surface area (Å²) in [4.78, 5) is 28.9. The van der Waals surface area contributed by atoms with E-state index in [0.717, 1.165) is 0 Å². The maximum atomic E-state index is 11.5. The number of methoxy groups -OCH3 is 1. The van der Waals surface area contributed by atoms with Crippen molar-refractivity contribution >= 4 is 17.9 Å². The molecule has 10 nitrogen and oxygen atoms in total. The molecule has 0 spiro atoms. The van der Waals surface area contributed by atoms with E-state index in [1.807, 2.05) is 6.92 Å². The lowest BCUT2D eigenvalue weighted by Gasteiger charge is -2.10. The number of nitrogens with one attached hydrogen (secondary N) is 2. The Balaban J connectivity index is 2.30. The molecule has 0 atom stereocenters. The van der Waals surface area contributed by atoms with Crippen molar-refractivity contribution in [2.45, 2.75) is 20.3 Å². The van der Waals surface area contributed by atoms with Gasteiger partial charge in [0, 0.05) is 23.4 Å². The molecule has 138 valence electrons. The first kappa shape index (κ1) is 18.9. The van der Waals surface area contributed by atoms with Crippen molar-refractivity contribution in [2.75, 3.05) is 19.1 Å². The Bertz CT molecular complexity index is 878. The van der Waals surface area contributed by atoms with Crippen LogP contribution in [0.5, 0.6) is 11.5 Å². The van der Waals surface area contributed by atoms with Crippen LogP contribution in [0.3, 0.4) is 0 Å². The summed E-state index contributed by atoms with van der Waals surface area (Å²) in [5.41, 5.74) is 3.10. The molecule has 0 aliphatic rings. The highest BCUT2D eigenvalue weighted by molar-refractivity contribution is 5.83. The third kappa shape index (κ3) is 4.56. The van der Waals surface area contributed by atoms with Crippen LogP contribution in [0.4, 0.5) is 11.6 Å². The SMILES string of the molecule is CCOc1c(OC)cc(/C=N\Nc2nc(CC)cc(=O)[nH]2)cc1[N+](=O)[O-]. The molecule has 26 heavy (non-hydrogen) atoms. The lowest BCUT2D eigenvalue weighted by atomic mass is 10.2. The van der Waals surface area contributed by atoms with Crippen LogP contribution in [0.1, 0.15) is 25.1 Å². The van der Waals surface area contributed by atoms with Crippen molar-refractivity contribution < 1.29 is 14.4 Å². The van der Waals surface area contributed by atoms with E-state index in [9.17, 15) is 14.9 Å². The average Bonchev–Trinajstić information content (AvgIpc) is 2.61. The molecule has 1 aromatic carbocycles. The third-order valence-electron chi connectivity index (χ3n) is 3.30. The molecule has 2 N–H and O–H groups in total. The number of benzene rings is 1. The fourth-order valence-corrected chi connectivity index (χ4v) is 2.17. The monoisotopic (exact) mass is 361 g/mol. The Morgan fingerprint density at radius 1 is 1.38 bits per heavy atom. The second kappa shape index (κ2) is 8.60. The molecule has 2 rings (SSSR count). The van der Waals surface area contributed by atoms with Gasteiger partial charge in [-0.05, 0) is 19.4 Å². The van der Waals surface area contributed by atoms with Gasteiger partial charge in [-0.1, -0.05) is 6.92 Å². The molecule has 0 radical (unpaired) electrons. The predicted octanol–water partition coefficient (Wildman–Crippen LogP) is 2.09. The van der Waals surface area contributed by atoms with Gasteiger partial charge < -0.3 is 9.47 Å².